The highest BCUT2D eigenvalue weighted by Crippen LogP contribution is 2.35. The van der Waals surface area contributed by atoms with Gasteiger partial charge in [-0.15, -0.1) is 0 Å². The number of benzene rings is 2. The van der Waals surface area contributed by atoms with Crippen LogP contribution in [0.3, 0.4) is 0 Å². The van der Waals surface area contributed by atoms with E-state index in [4.69, 9.17) is 4.74 Å². The third-order valence-electron chi connectivity index (χ3n) is 3.11. The number of oxime groups is 1. The minimum atomic E-state index is -3.63. The second-order valence-electron chi connectivity index (χ2n) is 4.68. The van der Waals surface area contributed by atoms with E-state index in [9.17, 15) is 8.42 Å². The molecule has 0 saturated heterocycles. The van der Waals surface area contributed by atoms with Gasteiger partial charge in [0.1, 0.15) is 17.6 Å². The number of hydrogen-bond donors (Lipinski definition) is 0. The second-order valence-corrected chi connectivity index (χ2v) is 6.23. The molecule has 0 spiro atoms. The number of nitrogens with zero attached hydrogens (tertiary/aromatic N) is 1. The Morgan fingerprint density at radius 1 is 1.20 bits per heavy atom. The maximum atomic E-state index is 11.1. The summed E-state index contributed by atoms with van der Waals surface area (Å²) in [6.45, 7) is 1.80. The Labute approximate surface area is 116 Å². The van der Waals surface area contributed by atoms with Gasteiger partial charge in [-0.25, -0.2) is 0 Å². The number of fused-ring (bicyclic) bond motifs is 3. The first kappa shape index (κ1) is 12.9. The number of ether oxygens (including phenoxy) is 1. The van der Waals surface area contributed by atoms with Gasteiger partial charge >= 0.3 is 10.1 Å². The molecule has 1 heterocycles. The van der Waals surface area contributed by atoms with Crippen LogP contribution in [-0.2, 0) is 14.4 Å². The average Bonchev–Trinajstić information content (AvgIpc) is 2.71. The van der Waals surface area contributed by atoms with Crippen molar-refractivity contribution in [3.05, 3.63) is 42.0 Å². The number of rotatable bonds is 2. The lowest BCUT2D eigenvalue weighted by atomic mass is 10.00. The summed E-state index contributed by atoms with van der Waals surface area (Å²) >= 11 is 0. The maximum absolute atomic E-state index is 11.1. The molecule has 2 aromatic rings. The molecule has 3 rings (SSSR count). The topological polar surface area (TPSA) is 65.0 Å². The molecule has 104 valence electrons. The van der Waals surface area contributed by atoms with Gasteiger partial charge in [0.05, 0.1) is 11.8 Å². The minimum Gasteiger partial charge on any atom is -0.484 e. The van der Waals surface area contributed by atoms with Gasteiger partial charge in [-0.05, 0) is 23.8 Å². The Morgan fingerprint density at radius 3 is 2.70 bits per heavy atom. The van der Waals surface area contributed by atoms with E-state index < -0.39 is 10.1 Å². The predicted molar refractivity (Wildman–Crippen MR) is 76.5 cm³/mol. The molecule has 5 nitrogen and oxygen atoms in total. The Hall–Kier alpha value is -2.08. The van der Waals surface area contributed by atoms with Crippen LogP contribution in [0, 0.1) is 0 Å². The molecule has 20 heavy (non-hydrogen) atoms. The van der Waals surface area contributed by atoms with Crippen LogP contribution >= 0.6 is 0 Å². The van der Waals surface area contributed by atoms with E-state index in [1.807, 2.05) is 36.4 Å². The predicted octanol–water partition coefficient (Wildman–Crippen LogP) is 2.30. The van der Waals surface area contributed by atoms with Crippen LogP contribution in [0.15, 0.2) is 41.6 Å². The molecule has 0 aromatic heterocycles. The van der Waals surface area contributed by atoms with Crippen molar-refractivity contribution in [1.82, 2.24) is 0 Å². The zero-order valence-corrected chi connectivity index (χ0v) is 11.8. The zero-order chi connectivity index (χ0) is 14.3. The van der Waals surface area contributed by atoms with Gasteiger partial charge in [-0.2, -0.15) is 8.42 Å². The van der Waals surface area contributed by atoms with E-state index in [1.165, 1.54) is 0 Å². The van der Waals surface area contributed by atoms with E-state index in [0.29, 0.717) is 11.5 Å². The Balaban J connectivity index is 2.20. The summed E-state index contributed by atoms with van der Waals surface area (Å²) in [6, 6.07) is 11.6. The van der Waals surface area contributed by atoms with Gasteiger partial charge in [0.25, 0.3) is 0 Å². The van der Waals surface area contributed by atoms with Crippen LogP contribution in [0.2, 0.25) is 0 Å². The normalized spacial score (nSPS) is 19.9. The minimum absolute atomic E-state index is 0.349. The largest absolute Gasteiger partial charge is 0.484 e. The highest BCUT2D eigenvalue weighted by molar-refractivity contribution is 7.85. The molecule has 0 N–H and O–H groups in total. The van der Waals surface area contributed by atoms with Crippen LogP contribution in [-0.4, -0.2) is 26.5 Å². The van der Waals surface area contributed by atoms with Crippen molar-refractivity contribution in [3.8, 4) is 5.75 Å². The van der Waals surface area contributed by atoms with Crippen LogP contribution < -0.4 is 4.74 Å². The van der Waals surface area contributed by atoms with Crippen molar-refractivity contribution < 1.29 is 17.4 Å². The van der Waals surface area contributed by atoms with E-state index >= 15 is 0 Å². The fourth-order valence-corrected chi connectivity index (χ4v) is 2.51. The molecule has 1 aliphatic heterocycles. The Morgan fingerprint density at radius 2 is 1.95 bits per heavy atom. The van der Waals surface area contributed by atoms with Crippen molar-refractivity contribution >= 4 is 26.6 Å². The van der Waals surface area contributed by atoms with Crippen molar-refractivity contribution in [2.24, 2.45) is 5.16 Å². The molecular formula is C14H13NO4S. The third kappa shape index (κ3) is 2.22. The first-order valence-electron chi connectivity index (χ1n) is 6.11. The standard InChI is InChI=1S/C14H13NO4S/c1-9-14(15-19-20(2,16)17)13-11-6-4-3-5-10(11)7-8-12(13)18-9/h3-9H,1-2H3. The summed E-state index contributed by atoms with van der Waals surface area (Å²) in [5, 5.41) is 5.77. The SMILES string of the molecule is CC1Oc2ccc3ccccc3c2C1=NOS(C)(=O)=O. The van der Waals surface area contributed by atoms with Gasteiger partial charge in [0.15, 0.2) is 0 Å². The van der Waals surface area contributed by atoms with Gasteiger partial charge in [0, 0.05) is 0 Å². The molecule has 2 aromatic carbocycles. The lowest BCUT2D eigenvalue weighted by Crippen LogP contribution is -2.17. The molecule has 1 atom stereocenters. The molecule has 0 amide bonds. The monoisotopic (exact) mass is 291 g/mol. The molecular weight excluding hydrogens is 278 g/mol. The van der Waals surface area contributed by atoms with Crippen molar-refractivity contribution in [2.45, 2.75) is 13.0 Å². The average molecular weight is 291 g/mol. The van der Waals surface area contributed by atoms with Crippen molar-refractivity contribution in [3.63, 3.8) is 0 Å². The summed E-state index contributed by atoms with van der Waals surface area (Å²) in [5.41, 5.74) is 1.28. The maximum Gasteiger partial charge on any atom is 0.325 e. The second kappa shape index (κ2) is 4.49. The molecule has 1 unspecified atom stereocenters. The summed E-state index contributed by atoms with van der Waals surface area (Å²) in [5.74, 6) is 0.687. The summed E-state index contributed by atoms with van der Waals surface area (Å²) < 4.78 is 32.5. The highest BCUT2D eigenvalue weighted by atomic mass is 32.2. The molecule has 0 saturated carbocycles. The summed E-state index contributed by atoms with van der Waals surface area (Å²) in [7, 11) is -3.63. The first-order chi connectivity index (χ1) is 9.46. The van der Waals surface area contributed by atoms with E-state index in [0.717, 1.165) is 22.6 Å². The van der Waals surface area contributed by atoms with Gasteiger partial charge < -0.3 is 4.74 Å². The van der Waals surface area contributed by atoms with Crippen LogP contribution in [0.5, 0.6) is 5.75 Å². The highest BCUT2D eigenvalue weighted by Gasteiger charge is 2.30. The fraction of sp³-hybridized carbons (Fsp3) is 0.214. The van der Waals surface area contributed by atoms with Gasteiger partial charge in [-0.1, -0.05) is 35.5 Å². The van der Waals surface area contributed by atoms with Gasteiger partial charge in [0.2, 0.25) is 0 Å². The molecule has 0 bridgehead atoms. The first-order valence-corrected chi connectivity index (χ1v) is 7.92. The molecule has 1 aliphatic rings. The molecule has 6 heteroatoms. The molecule has 0 fully saturated rings. The zero-order valence-electron chi connectivity index (χ0n) is 11.0. The third-order valence-corrected chi connectivity index (χ3v) is 3.45. The van der Waals surface area contributed by atoms with Gasteiger partial charge in [-0.3, -0.25) is 4.28 Å². The summed E-state index contributed by atoms with van der Waals surface area (Å²) in [4.78, 5) is 0. The molecule has 0 radical (unpaired) electrons. The van der Waals surface area contributed by atoms with Crippen molar-refractivity contribution in [2.75, 3.05) is 6.26 Å². The van der Waals surface area contributed by atoms with Crippen molar-refractivity contribution in [1.29, 1.82) is 0 Å². The van der Waals surface area contributed by atoms with Crippen LogP contribution in [0.25, 0.3) is 10.8 Å². The Kier molecular flexibility index (Phi) is 2.90. The van der Waals surface area contributed by atoms with E-state index in [2.05, 4.69) is 9.44 Å². The lowest BCUT2D eigenvalue weighted by molar-refractivity contribution is 0.292. The quantitative estimate of drug-likeness (QED) is 0.796. The van der Waals surface area contributed by atoms with Crippen LogP contribution in [0.4, 0.5) is 0 Å². The molecule has 0 aliphatic carbocycles. The fourth-order valence-electron chi connectivity index (χ4n) is 2.29. The number of hydrogen-bond acceptors (Lipinski definition) is 5. The smallest absolute Gasteiger partial charge is 0.325 e. The van der Waals surface area contributed by atoms with E-state index in [-0.39, 0.29) is 6.10 Å². The lowest BCUT2D eigenvalue weighted by Gasteiger charge is -2.04. The van der Waals surface area contributed by atoms with Crippen LogP contribution in [0.1, 0.15) is 12.5 Å². The summed E-state index contributed by atoms with van der Waals surface area (Å²) in [6.07, 6.45) is 0.610. The Bertz CT molecular complexity index is 811. The van der Waals surface area contributed by atoms with E-state index in [1.54, 1.807) is 6.92 Å².